The van der Waals surface area contributed by atoms with Gasteiger partial charge in [-0.25, -0.2) is 13.1 Å². The monoisotopic (exact) mass is 313 g/mol. The molecule has 0 aliphatic rings. The van der Waals surface area contributed by atoms with Crippen LogP contribution in [0.4, 0.5) is 17.4 Å². The minimum Gasteiger partial charge on any atom is -0.408 e. The number of nitrogens with zero attached hydrogens (tertiary/aromatic N) is 3. The predicted molar refractivity (Wildman–Crippen MR) is 72.5 cm³/mol. The molecule has 112 valence electrons. The van der Waals surface area contributed by atoms with Crippen LogP contribution >= 0.6 is 0 Å². The molecule has 1 aromatic heterocycles. The van der Waals surface area contributed by atoms with Gasteiger partial charge >= 0.3 is 6.01 Å². The van der Waals surface area contributed by atoms with E-state index in [-0.39, 0.29) is 28.2 Å². The van der Waals surface area contributed by atoms with Crippen molar-refractivity contribution in [1.29, 1.82) is 0 Å². The topological polar surface area (TPSA) is 140 Å². The van der Waals surface area contributed by atoms with Crippen molar-refractivity contribution in [3.05, 3.63) is 34.2 Å². The Hall–Kier alpha value is -2.69. The van der Waals surface area contributed by atoms with Crippen molar-refractivity contribution in [2.75, 3.05) is 17.1 Å². The van der Waals surface area contributed by atoms with Gasteiger partial charge in [0.2, 0.25) is 5.89 Å². The van der Waals surface area contributed by atoms with Gasteiger partial charge in [0.25, 0.3) is 15.7 Å². The summed E-state index contributed by atoms with van der Waals surface area (Å²) in [7, 11) is -2.56. The van der Waals surface area contributed by atoms with E-state index in [9.17, 15) is 18.5 Å². The van der Waals surface area contributed by atoms with Gasteiger partial charge in [-0.2, -0.15) is 0 Å². The number of hydrogen-bond donors (Lipinski definition) is 2. The third-order valence-corrected chi connectivity index (χ3v) is 3.81. The predicted octanol–water partition coefficient (Wildman–Crippen LogP) is 1.13. The second kappa shape index (κ2) is 5.36. The number of nitro groups is 1. The highest BCUT2D eigenvalue weighted by molar-refractivity contribution is 7.92. The van der Waals surface area contributed by atoms with E-state index >= 15 is 0 Å². The lowest BCUT2D eigenvalue weighted by Crippen LogP contribution is -2.13. The van der Waals surface area contributed by atoms with Gasteiger partial charge in [-0.15, -0.1) is 5.10 Å². The maximum atomic E-state index is 12.1. The van der Waals surface area contributed by atoms with Crippen LogP contribution in [0.2, 0.25) is 0 Å². The highest BCUT2D eigenvalue weighted by Gasteiger charge is 2.22. The van der Waals surface area contributed by atoms with Gasteiger partial charge in [-0.1, -0.05) is 5.10 Å². The Balaban J connectivity index is 2.40. The van der Waals surface area contributed by atoms with E-state index in [0.29, 0.717) is 0 Å². The summed E-state index contributed by atoms with van der Waals surface area (Å²) < 4.78 is 31.2. The molecule has 0 unspecified atom stereocenters. The number of nitro benzene ring substituents is 1. The van der Waals surface area contributed by atoms with E-state index in [4.69, 9.17) is 4.42 Å². The first kappa shape index (κ1) is 14.7. The fourth-order valence-electron chi connectivity index (χ4n) is 1.55. The Morgan fingerprint density at radius 1 is 1.33 bits per heavy atom. The summed E-state index contributed by atoms with van der Waals surface area (Å²) >= 11 is 0. The third kappa shape index (κ3) is 3.08. The average molecular weight is 313 g/mol. The smallest absolute Gasteiger partial charge is 0.329 e. The minimum atomic E-state index is -4.06. The van der Waals surface area contributed by atoms with Gasteiger partial charge in [0.05, 0.1) is 9.82 Å². The molecule has 0 aliphatic heterocycles. The van der Waals surface area contributed by atoms with E-state index < -0.39 is 14.9 Å². The van der Waals surface area contributed by atoms with Crippen molar-refractivity contribution in [3.63, 3.8) is 0 Å². The molecule has 0 bridgehead atoms. The molecule has 0 radical (unpaired) electrons. The molecule has 2 rings (SSSR count). The van der Waals surface area contributed by atoms with Gasteiger partial charge in [-0.3, -0.25) is 10.1 Å². The summed E-state index contributed by atoms with van der Waals surface area (Å²) in [4.78, 5) is 9.96. The zero-order chi connectivity index (χ0) is 15.6. The highest BCUT2D eigenvalue weighted by Crippen LogP contribution is 2.27. The summed E-state index contributed by atoms with van der Waals surface area (Å²) in [5, 5.41) is 20.5. The Morgan fingerprint density at radius 2 is 2.05 bits per heavy atom. The maximum Gasteiger partial charge on any atom is 0.329 e. The maximum absolute atomic E-state index is 12.1. The van der Waals surface area contributed by atoms with Crippen LogP contribution in [-0.4, -0.2) is 30.6 Å². The quantitative estimate of drug-likeness (QED) is 0.618. The highest BCUT2D eigenvalue weighted by atomic mass is 32.2. The number of aromatic nitrogens is 2. The lowest BCUT2D eigenvalue weighted by atomic mass is 10.3. The van der Waals surface area contributed by atoms with E-state index in [1.807, 2.05) is 4.72 Å². The van der Waals surface area contributed by atoms with Crippen molar-refractivity contribution >= 4 is 27.4 Å². The third-order valence-electron chi connectivity index (χ3n) is 2.49. The van der Waals surface area contributed by atoms with Crippen LogP contribution in [0.5, 0.6) is 0 Å². The molecule has 0 aliphatic carbocycles. The fraction of sp³-hybridized carbons (Fsp3) is 0.200. The van der Waals surface area contributed by atoms with Crippen molar-refractivity contribution in [2.45, 2.75) is 11.8 Å². The molecule has 1 aromatic carbocycles. The van der Waals surface area contributed by atoms with Crippen molar-refractivity contribution in [3.8, 4) is 0 Å². The molecule has 10 nitrogen and oxygen atoms in total. The molecule has 0 saturated heterocycles. The van der Waals surface area contributed by atoms with Crippen molar-refractivity contribution < 1.29 is 17.8 Å². The molecule has 1 heterocycles. The number of sulfonamides is 1. The molecular weight excluding hydrogens is 302 g/mol. The number of nitrogens with one attached hydrogen (secondary N) is 2. The molecule has 0 amide bonds. The van der Waals surface area contributed by atoms with E-state index in [1.54, 1.807) is 0 Å². The second-order valence-electron chi connectivity index (χ2n) is 3.92. The van der Waals surface area contributed by atoms with Gasteiger partial charge in [0, 0.05) is 20.0 Å². The second-order valence-corrected chi connectivity index (χ2v) is 5.60. The fourth-order valence-corrected chi connectivity index (χ4v) is 2.50. The number of benzene rings is 1. The molecule has 0 saturated carbocycles. The van der Waals surface area contributed by atoms with Crippen LogP contribution in [0.25, 0.3) is 0 Å². The zero-order valence-electron chi connectivity index (χ0n) is 11.0. The molecular formula is C10H11N5O5S. The first-order valence-corrected chi connectivity index (χ1v) is 7.11. The van der Waals surface area contributed by atoms with E-state index in [2.05, 4.69) is 15.5 Å². The number of rotatable bonds is 5. The number of anilines is 2. The molecule has 0 atom stereocenters. The summed E-state index contributed by atoms with van der Waals surface area (Å²) in [5.74, 6) is 0.184. The first-order valence-electron chi connectivity index (χ1n) is 5.62. The van der Waals surface area contributed by atoms with E-state index in [1.165, 1.54) is 26.1 Å². The summed E-state index contributed by atoms with van der Waals surface area (Å²) in [6.45, 7) is 1.50. The lowest BCUT2D eigenvalue weighted by Gasteiger charge is -2.06. The standard InChI is InChI=1S/C10H11N5O5S/c1-6-12-13-10(20-6)14-21(18,19)7-3-4-8(11-2)9(5-7)15(16)17/h3-5,11H,1-2H3,(H,13,14). The molecule has 11 heteroatoms. The van der Waals surface area contributed by atoms with Crippen LogP contribution in [0, 0.1) is 17.0 Å². The number of hydrogen-bond acceptors (Lipinski definition) is 8. The van der Waals surface area contributed by atoms with Gasteiger partial charge < -0.3 is 9.73 Å². The molecule has 21 heavy (non-hydrogen) atoms. The van der Waals surface area contributed by atoms with Gasteiger partial charge in [-0.05, 0) is 12.1 Å². The molecule has 0 fully saturated rings. The summed E-state index contributed by atoms with van der Waals surface area (Å²) in [6.07, 6.45) is 0. The van der Waals surface area contributed by atoms with Crippen LogP contribution in [0.1, 0.15) is 5.89 Å². The van der Waals surface area contributed by atoms with Crippen LogP contribution in [0.3, 0.4) is 0 Å². The molecule has 2 N–H and O–H groups in total. The molecule has 2 aromatic rings. The Morgan fingerprint density at radius 3 is 2.57 bits per heavy atom. The Labute approximate surface area is 119 Å². The van der Waals surface area contributed by atoms with Crippen LogP contribution in [-0.2, 0) is 10.0 Å². The number of aryl methyl sites for hydroxylation is 1. The summed E-state index contributed by atoms with van der Waals surface area (Å²) in [5.41, 5.74) is -0.158. The Kier molecular flexibility index (Phi) is 3.76. The zero-order valence-corrected chi connectivity index (χ0v) is 11.8. The van der Waals surface area contributed by atoms with E-state index in [0.717, 1.165) is 6.07 Å². The van der Waals surface area contributed by atoms with Crippen LogP contribution in [0.15, 0.2) is 27.5 Å². The minimum absolute atomic E-state index is 0.184. The van der Waals surface area contributed by atoms with Gasteiger partial charge in [0.15, 0.2) is 0 Å². The summed E-state index contributed by atoms with van der Waals surface area (Å²) in [6, 6.07) is 3.15. The largest absolute Gasteiger partial charge is 0.408 e. The lowest BCUT2D eigenvalue weighted by molar-refractivity contribution is -0.384. The SMILES string of the molecule is CNc1ccc(S(=O)(=O)Nc2nnc(C)o2)cc1[N+](=O)[O-]. The average Bonchev–Trinajstić information content (AvgIpc) is 2.82. The van der Waals surface area contributed by atoms with Crippen molar-refractivity contribution in [2.24, 2.45) is 0 Å². The Bertz CT molecular complexity index is 785. The first-order chi connectivity index (χ1) is 9.83. The van der Waals surface area contributed by atoms with Crippen LogP contribution < -0.4 is 10.0 Å². The van der Waals surface area contributed by atoms with Gasteiger partial charge in [0.1, 0.15) is 5.69 Å². The normalized spacial score (nSPS) is 11.1. The molecule has 0 spiro atoms. The van der Waals surface area contributed by atoms with Crippen molar-refractivity contribution in [1.82, 2.24) is 10.2 Å².